The molecule has 24 heavy (non-hydrogen) atoms. The van der Waals surface area contributed by atoms with E-state index in [9.17, 15) is 4.79 Å². The van der Waals surface area contributed by atoms with Crippen LogP contribution in [0.4, 0.5) is 5.69 Å². The summed E-state index contributed by atoms with van der Waals surface area (Å²) in [7, 11) is 0. The molecule has 0 aliphatic carbocycles. The summed E-state index contributed by atoms with van der Waals surface area (Å²) < 4.78 is 5.76. The number of carbonyl (C=O) groups is 1. The van der Waals surface area contributed by atoms with E-state index in [4.69, 9.17) is 33.0 Å². The van der Waals surface area contributed by atoms with Gasteiger partial charge in [0.1, 0.15) is 6.61 Å². The number of aliphatic carboxylic acids is 1. The molecule has 2 rings (SSSR count). The molecule has 0 spiro atoms. The lowest BCUT2D eigenvalue weighted by molar-refractivity contribution is -0.136. The van der Waals surface area contributed by atoms with Crippen LogP contribution in [0.5, 0.6) is 5.75 Å². The molecule has 0 fully saturated rings. The van der Waals surface area contributed by atoms with E-state index in [0.29, 0.717) is 28.0 Å². The van der Waals surface area contributed by atoms with Crippen molar-refractivity contribution >= 4 is 34.9 Å². The fraction of sp³-hybridized carbons (Fsp3) is 0.278. The summed E-state index contributed by atoms with van der Waals surface area (Å²) in [5, 5.41) is 12.7. The van der Waals surface area contributed by atoms with Gasteiger partial charge in [0.15, 0.2) is 5.75 Å². The highest BCUT2D eigenvalue weighted by molar-refractivity contribution is 6.37. The van der Waals surface area contributed by atoms with E-state index in [0.717, 1.165) is 23.4 Å². The van der Waals surface area contributed by atoms with Crippen LogP contribution in [0, 0.1) is 6.92 Å². The summed E-state index contributed by atoms with van der Waals surface area (Å²) in [4.78, 5) is 10.8. The molecule has 6 heteroatoms. The topological polar surface area (TPSA) is 58.6 Å². The molecule has 2 N–H and O–H groups in total. The molecular formula is C18H19Cl2NO3. The molecular weight excluding hydrogens is 349 g/mol. The number of carboxylic acid groups (broad SMARTS) is 1. The number of hydrogen-bond donors (Lipinski definition) is 2. The first-order chi connectivity index (χ1) is 11.4. The molecule has 0 amide bonds. The van der Waals surface area contributed by atoms with Crippen molar-refractivity contribution in [3.63, 3.8) is 0 Å². The average Bonchev–Trinajstić information content (AvgIpc) is 2.45. The number of benzene rings is 2. The molecule has 0 unspecified atom stereocenters. The molecule has 0 saturated heterocycles. The number of hydrogen-bond acceptors (Lipinski definition) is 3. The third kappa shape index (κ3) is 5.05. The lowest BCUT2D eigenvalue weighted by atomic mass is 10.1. The van der Waals surface area contributed by atoms with Gasteiger partial charge in [0.2, 0.25) is 0 Å². The minimum atomic E-state index is -0.938. The highest BCUT2D eigenvalue weighted by Gasteiger charge is 2.12. The smallest absolute Gasteiger partial charge is 0.307 e. The lowest BCUT2D eigenvalue weighted by Gasteiger charge is -2.13. The number of anilines is 1. The first kappa shape index (κ1) is 18.4. The van der Waals surface area contributed by atoms with Gasteiger partial charge >= 0.3 is 5.97 Å². The largest absolute Gasteiger partial charge is 0.486 e. The van der Waals surface area contributed by atoms with Crippen LogP contribution in [-0.2, 0) is 17.8 Å². The summed E-state index contributed by atoms with van der Waals surface area (Å²) in [6, 6.07) is 9.24. The zero-order valence-corrected chi connectivity index (χ0v) is 15.0. The minimum absolute atomic E-state index is 0.135. The van der Waals surface area contributed by atoms with Gasteiger partial charge in [-0.3, -0.25) is 4.79 Å². The molecule has 2 aromatic carbocycles. The highest BCUT2D eigenvalue weighted by atomic mass is 35.5. The fourth-order valence-corrected chi connectivity index (χ4v) is 3.08. The molecule has 0 aromatic heterocycles. The van der Waals surface area contributed by atoms with E-state index in [-0.39, 0.29) is 6.42 Å². The Bertz CT molecular complexity index is 724. The maximum absolute atomic E-state index is 10.8. The van der Waals surface area contributed by atoms with Crippen molar-refractivity contribution in [3.8, 4) is 5.75 Å². The fourth-order valence-electron chi connectivity index (χ4n) is 2.43. The summed E-state index contributed by atoms with van der Waals surface area (Å²) in [6.07, 6.45) is -0.135. The zero-order valence-electron chi connectivity index (χ0n) is 13.5. The molecule has 0 saturated carbocycles. The minimum Gasteiger partial charge on any atom is -0.486 e. The summed E-state index contributed by atoms with van der Waals surface area (Å²) in [5.74, 6) is -0.578. The van der Waals surface area contributed by atoms with Gasteiger partial charge in [-0.25, -0.2) is 0 Å². The maximum atomic E-state index is 10.8. The summed E-state index contributed by atoms with van der Waals surface area (Å²) >= 11 is 12.4. The Morgan fingerprint density at radius 2 is 1.79 bits per heavy atom. The zero-order chi connectivity index (χ0) is 17.7. The third-order valence-electron chi connectivity index (χ3n) is 3.31. The van der Waals surface area contributed by atoms with E-state index in [1.165, 1.54) is 0 Å². The van der Waals surface area contributed by atoms with Crippen LogP contribution in [0.1, 0.15) is 23.6 Å². The van der Waals surface area contributed by atoms with Crippen molar-refractivity contribution < 1.29 is 14.6 Å². The van der Waals surface area contributed by atoms with Gasteiger partial charge in [-0.1, -0.05) is 29.3 Å². The number of carboxylic acids is 1. The predicted octanol–water partition coefficient (Wildman–Crippen LogP) is 4.94. The molecule has 0 aliphatic heterocycles. The van der Waals surface area contributed by atoms with Crippen molar-refractivity contribution in [2.75, 3.05) is 11.9 Å². The van der Waals surface area contributed by atoms with Gasteiger partial charge in [-0.15, -0.1) is 0 Å². The third-order valence-corrected chi connectivity index (χ3v) is 3.88. The van der Waals surface area contributed by atoms with Crippen molar-refractivity contribution in [2.45, 2.75) is 26.9 Å². The summed E-state index contributed by atoms with van der Waals surface area (Å²) in [5.41, 5.74) is 3.69. The Morgan fingerprint density at radius 3 is 2.38 bits per heavy atom. The Morgan fingerprint density at radius 1 is 1.12 bits per heavy atom. The van der Waals surface area contributed by atoms with E-state index >= 15 is 0 Å². The average molecular weight is 368 g/mol. The maximum Gasteiger partial charge on any atom is 0.307 e. The first-order valence-electron chi connectivity index (χ1n) is 7.56. The molecule has 0 radical (unpaired) electrons. The molecule has 2 aromatic rings. The highest BCUT2D eigenvalue weighted by Crippen LogP contribution is 2.35. The quantitative estimate of drug-likeness (QED) is 0.727. The number of aryl methyl sites for hydroxylation is 1. The van der Waals surface area contributed by atoms with E-state index < -0.39 is 5.97 Å². The van der Waals surface area contributed by atoms with E-state index in [1.807, 2.05) is 26.0 Å². The van der Waals surface area contributed by atoms with E-state index in [1.54, 1.807) is 12.1 Å². The second kappa shape index (κ2) is 8.27. The van der Waals surface area contributed by atoms with Crippen molar-refractivity contribution in [1.82, 2.24) is 0 Å². The van der Waals surface area contributed by atoms with Crippen LogP contribution in [-0.4, -0.2) is 17.6 Å². The molecule has 0 bridgehead atoms. The number of ether oxygens (including phenoxy) is 1. The second-order valence-electron chi connectivity index (χ2n) is 5.49. The van der Waals surface area contributed by atoms with Crippen molar-refractivity contribution in [1.29, 1.82) is 0 Å². The molecule has 4 nitrogen and oxygen atoms in total. The summed E-state index contributed by atoms with van der Waals surface area (Å²) in [6.45, 7) is 5.21. The number of nitrogens with one attached hydrogen (secondary N) is 1. The van der Waals surface area contributed by atoms with Crippen LogP contribution in [0.25, 0.3) is 0 Å². The van der Waals surface area contributed by atoms with Crippen LogP contribution < -0.4 is 10.1 Å². The van der Waals surface area contributed by atoms with Gasteiger partial charge in [0.25, 0.3) is 0 Å². The predicted molar refractivity (Wildman–Crippen MR) is 97.5 cm³/mol. The van der Waals surface area contributed by atoms with Crippen LogP contribution in [0.3, 0.4) is 0 Å². The molecule has 128 valence electrons. The van der Waals surface area contributed by atoms with Crippen LogP contribution >= 0.6 is 23.2 Å². The first-order valence-corrected chi connectivity index (χ1v) is 8.31. The van der Waals surface area contributed by atoms with Gasteiger partial charge in [-0.2, -0.15) is 0 Å². The second-order valence-corrected chi connectivity index (χ2v) is 6.30. The van der Waals surface area contributed by atoms with Gasteiger partial charge in [-0.05, 0) is 54.8 Å². The van der Waals surface area contributed by atoms with Crippen LogP contribution in [0.2, 0.25) is 10.0 Å². The Labute approximate surface area is 151 Å². The normalized spacial score (nSPS) is 10.5. The van der Waals surface area contributed by atoms with Crippen LogP contribution in [0.15, 0.2) is 30.3 Å². The van der Waals surface area contributed by atoms with Gasteiger partial charge in [0, 0.05) is 12.2 Å². The Kier molecular flexibility index (Phi) is 6.35. The van der Waals surface area contributed by atoms with Gasteiger partial charge in [0.05, 0.1) is 16.5 Å². The standard InChI is InChI=1S/C18H19Cl2NO3/c1-3-21-14-5-11(2)4-13(6-14)10-24-18-15(19)7-12(8-16(18)20)9-17(22)23/h4-8,21H,3,9-10H2,1-2H3,(H,22,23). The molecule has 0 atom stereocenters. The number of halogens is 2. The number of rotatable bonds is 7. The van der Waals surface area contributed by atoms with Crippen molar-refractivity contribution in [3.05, 3.63) is 57.1 Å². The Hall–Kier alpha value is -1.91. The molecule has 0 heterocycles. The SMILES string of the molecule is CCNc1cc(C)cc(COc2c(Cl)cc(CC(=O)O)cc2Cl)c1. The van der Waals surface area contributed by atoms with Gasteiger partial charge < -0.3 is 15.2 Å². The van der Waals surface area contributed by atoms with E-state index in [2.05, 4.69) is 11.4 Å². The Balaban J connectivity index is 2.16. The molecule has 0 aliphatic rings. The lowest BCUT2D eigenvalue weighted by Crippen LogP contribution is -2.03. The monoisotopic (exact) mass is 367 g/mol. The van der Waals surface area contributed by atoms with Crippen molar-refractivity contribution in [2.24, 2.45) is 0 Å².